The van der Waals surface area contributed by atoms with Crippen LogP contribution >= 0.6 is 0 Å². The molecular weight excluding hydrogens is 205 g/mol. The van der Waals surface area contributed by atoms with Gasteiger partial charge in [0.05, 0.1) is 5.41 Å². The largest absolute Gasteiger partial charge is 0.345 e. The third-order valence-electron chi connectivity index (χ3n) is 3.38. The van der Waals surface area contributed by atoms with Crippen molar-refractivity contribution in [3.63, 3.8) is 0 Å². The summed E-state index contributed by atoms with van der Waals surface area (Å²) in [6, 6.07) is 6.30. The first-order valence-electron chi connectivity index (χ1n) is 5.62. The maximum absolute atomic E-state index is 12.8. The van der Waals surface area contributed by atoms with Gasteiger partial charge in [-0.3, -0.25) is 4.79 Å². The minimum atomic E-state index is -0.363. The van der Waals surface area contributed by atoms with Crippen LogP contribution < -0.4 is 0 Å². The van der Waals surface area contributed by atoms with Crippen LogP contribution in [0.25, 0.3) is 0 Å². The smallest absolute Gasteiger partial charge is 0.232 e. The van der Waals surface area contributed by atoms with Gasteiger partial charge < -0.3 is 4.90 Å². The van der Waals surface area contributed by atoms with Crippen molar-refractivity contribution in [2.24, 2.45) is 0 Å². The highest BCUT2D eigenvalue weighted by molar-refractivity contribution is 5.91. The van der Waals surface area contributed by atoms with Crippen molar-refractivity contribution in [2.45, 2.75) is 25.2 Å². The quantitative estimate of drug-likeness (QED) is 0.767. The number of amides is 1. The van der Waals surface area contributed by atoms with E-state index < -0.39 is 0 Å². The predicted octanol–water partition coefficient (Wildman–Crippen LogP) is 2.34. The van der Waals surface area contributed by atoms with Gasteiger partial charge >= 0.3 is 0 Å². The van der Waals surface area contributed by atoms with Crippen LogP contribution in [-0.2, 0) is 10.2 Å². The first kappa shape index (κ1) is 11.1. The van der Waals surface area contributed by atoms with Gasteiger partial charge in [-0.25, -0.2) is 4.39 Å². The number of halogens is 1. The lowest BCUT2D eigenvalue weighted by atomic mass is 9.94. The highest BCUT2D eigenvalue weighted by atomic mass is 19.1. The Bertz CT molecular complexity index is 395. The molecule has 0 saturated heterocycles. The van der Waals surface area contributed by atoms with Gasteiger partial charge in [-0.15, -0.1) is 0 Å². The molecule has 16 heavy (non-hydrogen) atoms. The van der Waals surface area contributed by atoms with E-state index in [0.29, 0.717) is 6.54 Å². The van der Waals surface area contributed by atoms with Crippen LogP contribution in [0.1, 0.15) is 25.3 Å². The molecule has 0 radical (unpaired) electrons. The molecule has 0 aromatic heterocycles. The molecule has 2 rings (SSSR count). The van der Waals surface area contributed by atoms with Crippen molar-refractivity contribution in [1.82, 2.24) is 4.90 Å². The standard InChI is InChI=1S/C13H16FNO/c1-3-15(2)12(16)13(8-9-13)10-4-6-11(14)7-5-10/h4-7H,3,8-9H2,1-2H3. The Labute approximate surface area is 95.1 Å². The van der Waals surface area contributed by atoms with Crippen molar-refractivity contribution in [2.75, 3.05) is 13.6 Å². The van der Waals surface area contributed by atoms with Gasteiger partial charge in [-0.2, -0.15) is 0 Å². The van der Waals surface area contributed by atoms with Crippen LogP contribution in [0.2, 0.25) is 0 Å². The Morgan fingerprint density at radius 1 is 1.38 bits per heavy atom. The summed E-state index contributed by atoms with van der Waals surface area (Å²) in [5.74, 6) is -0.0996. The van der Waals surface area contributed by atoms with Gasteiger partial charge in [-0.05, 0) is 37.5 Å². The van der Waals surface area contributed by atoms with Crippen LogP contribution in [-0.4, -0.2) is 24.4 Å². The van der Waals surface area contributed by atoms with Crippen molar-refractivity contribution >= 4 is 5.91 Å². The van der Waals surface area contributed by atoms with Crippen molar-refractivity contribution < 1.29 is 9.18 Å². The van der Waals surface area contributed by atoms with E-state index in [1.165, 1.54) is 12.1 Å². The zero-order valence-corrected chi connectivity index (χ0v) is 9.66. The van der Waals surface area contributed by atoms with Crippen molar-refractivity contribution in [3.05, 3.63) is 35.6 Å². The molecule has 1 aliphatic carbocycles. The molecular formula is C13H16FNO. The van der Waals surface area contributed by atoms with Gasteiger partial charge in [-0.1, -0.05) is 12.1 Å². The molecule has 0 heterocycles. The summed E-state index contributed by atoms with van der Waals surface area (Å²) < 4.78 is 12.8. The molecule has 1 fully saturated rings. The lowest BCUT2D eigenvalue weighted by Crippen LogP contribution is -2.36. The molecule has 0 bridgehead atoms. The molecule has 0 atom stereocenters. The number of benzene rings is 1. The maximum Gasteiger partial charge on any atom is 0.232 e. The number of hydrogen-bond acceptors (Lipinski definition) is 1. The molecule has 2 nitrogen and oxygen atoms in total. The van der Waals surface area contributed by atoms with Gasteiger partial charge in [0, 0.05) is 13.6 Å². The highest BCUT2D eigenvalue weighted by Crippen LogP contribution is 2.49. The Kier molecular flexibility index (Phi) is 2.70. The average Bonchev–Trinajstić information content (AvgIpc) is 3.09. The lowest BCUT2D eigenvalue weighted by Gasteiger charge is -2.22. The SMILES string of the molecule is CCN(C)C(=O)C1(c2ccc(F)cc2)CC1. The summed E-state index contributed by atoms with van der Waals surface area (Å²) in [6.45, 7) is 2.67. The summed E-state index contributed by atoms with van der Waals surface area (Å²) in [6.07, 6.45) is 1.75. The first-order chi connectivity index (χ1) is 7.60. The molecule has 1 amide bonds. The van der Waals surface area contributed by atoms with E-state index in [9.17, 15) is 9.18 Å². The Hall–Kier alpha value is -1.38. The third kappa shape index (κ3) is 1.70. The van der Waals surface area contributed by atoms with Crippen LogP contribution in [0.5, 0.6) is 0 Å². The van der Waals surface area contributed by atoms with Crippen LogP contribution in [0.15, 0.2) is 24.3 Å². The lowest BCUT2D eigenvalue weighted by molar-refractivity contribution is -0.132. The summed E-state index contributed by atoms with van der Waals surface area (Å²) in [7, 11) is 1.81. The minimum Gasteiger partial charge on any atom is -0.345 e. The van der Waals surface area contributed by atoms with Crippen molar-refractivity contribution in [3.8, 4) is 0 Å². The normalized spacial score (nSPS) is 16.9. The number of rotatable bonds is 3. The number of carbonyl (C=O) groups excluding carboxylic acids is 1. The summed E-state index contributed by atoms with van der Waals surface area (Å²) in [5.41, 5.74) is 0.581. The Morgan fingerprint density at radius 2 is 1.94 bits per heavy atom. The topological polar surface area (TPSA) is 20.3 Å². The molecule has 1 aliphatic rings. The number of likely N-dealkylation sites (N-methyl/N-ethyl adjacent to an activating group) is 1. The van der Waals surface area contributed by atoms with E-state index in [1.807, 2.05) is 14.0 Å². The second-order valence-corrected chi connectivity index (χ2v) is 4.41. The molecule has 1 aromatic carbocycles. The fourth-order valence-corrected chi connectivity index (χ4v) is 2.03. The Balaban J connectivity index is 2.26. The van der Waals surface area contributed by atoms with Crippen molar-refractivity contribution in [1.29, 1.82) is 0 Å². The molecule has 0 unspecified atom stereocenters. The fourth-order valence-electron chi connectivity index (χ4n) is 2.03. The second kappa shape index (κ2) is 3.89. The summed E-state index contributed by atoms with van der Waals surface area (Å²) in [4.78, 5) is 13.9. The zero-order valence-electron chi connectivity index (χ0n) is 9.66. The maximum atomic E-state index is 12.8. The molecule has 1 saturated carbocycles. The third-order valence-corrected chi connectivity index (χ3v) is 3.38. The van der Waals surface area contributed by atoms with Gasteiger partial charge in [0.2, 0.25) is 5.91 Å². The molecule has 86 valence electrons. The molecule has 1 aromatic rings. The van der Waals surface area contributed by atoms with Crippen LogP contribution in [0.3, 0.4) is 0 Å². The van der Waals surface area contributed by atoms with Crippen LogP contribution in [0.4, 0.5) is 4.39 Å². The van der Waals surface area contributed by atoms with Crippen LogP contribution in [0, 0.1) is 5.82 Å². The first-order valence-corrected chi connectivity index (χ1v) is 5.62. The summed E-state index contributed by atoms with van der Waals surface area (Å²) >= 11 is 0. The minimum absolute atomic E-state index is 0.154. The number of hydrogen-bond donors (Lipinski definition) is 0. The van der Waals surface area contributed by atoms with Gasteiger partial charge in [0.15, 0.2) is 0 Å². The molecule has 0 aliphatic heterocycles. The van der Waals surface area contributed by atoms with Gasteiger partial charge in [0.25, 0.3) is 0 Å². The molecule has 0 spiro atoms. The second-order valence-electron chi connectivity index (χ2n) is 4.41. The molecule has 3 heteroatoms. The average molecular weight is 221 g/mol. The number of nitrogens with zero attached hydrogens (tertiary/aromatic N) is 1. The predicted molar refractivity (Wildman–Crippen MR) is 60.6 cm³/mol. The summed E-state index contributed by atoms with van der Waals surface area (Å²) in [5, 5.41) is 0. The van der Waals surface area contributed by atoms with Gasteiger partial charge in [0.1, 0.15) is 5.82 Å². The van der Waals surface area contributed by atoms with E-state index in [1.54, 1.807) is 17.0 Å². The Morgan fingerprint density at radius 3 is 2.38 bits per heavy atom. The van der Waals surface area contributed by atoms with E-state index in [0.717, 1.165) is 18.4 Å². The molecule has 0 N–H and O–H groups in total. The fraction of sp³-hybridized carbons (Fsp3) is 0.462. The van der Waals surface area contributed by atoms with E-state index in [4.69, 9.17) is 0 Å². The van der Waals surface area contributed by atoms with E-state index in [-0.39, 0.29) is 17.1 Å². The monoisotopic (exact) mass is 221 g/mol. The highest BCUT2D eigenvalue weighted by Gasteiger charge is 2.52. The van der Waals surface area contributed by atoms with E-state index >= 15 is 0 Å². The van der Waals surface area contributed by atoms with E-state index in [2.05, 4.69) is 0 Å². The number of carbonyl (C=O) groups is 1. The zero-order chi connectivity index (χ0) is 11.8.